The van der Waals surface area contributed by atoms with Crippen molar-refractivity contribution in [2.24, 2.45) is 11.8 Å². The molecule has 2 heterocycles. The van der Waals surface area contributed by atoms with E-state index in [1.165, 1.54) is 0 Å². The highest BCUT2D eigenvalue weighted by atomic mass is 16.5. The van der Waals surface area contributed by atoms with Gasteiger partial charge in [-0.15, -0.1) is 0 Å². The Kier molecular flexibility index (Phi) is 6.20. The van der Waals surface area contributed by atoms with Crippen LogP contribution in [-0.2, 0) is 14.3 Å². The smallest absolute Gasteiger partial charge is 0.308 e. The van der Waals surface area contributed by atoms with E-state index in [1.54, 1.807) is 4.90 Å². The fourth-order valence-corrected chi connectivity index (χ4v) is 3.60. The zero-order chi connectivity index (χ0) is 16.1. The summed E-state index contributed by atoms with van der Waals surface area (Å²) >= 11 is 0. The first-order chi connectivity index (χ1) is 10.6. The third-order valence-electron chi connectivity index (χ3n) is 5.04. The second-order valence-electron chi connectivity index (χ2n) is 6.28. The van der Waals surface area contributed by atoms with E-state index in [1.807, 2.05) is 0 Å². The third-order valence-corrected chi connectivity index (χ3v) is 5.04. The van der Waals surface area contributed by atoms with Gasteiger partial charge in [-0.2, -0.15) is 0 Å². The van der Waals surface area contributed by atoms with Crippen molar-refractivity contribution in [3.05, 3.63) is 0 Å². The number of amides is 1. The molecule has 1 N–H and O–H groups in total. The molecule has 0 aromatic carbocycles. The Morgan fingerprint density at radius 3 is 2.32 bits per heavy atom. The number of likely N-dealkylation sites (tertiary alicyclic amines) is 1. The fraction of sp³-hybridized carbons (Fsp3) is 0.875. The molecule has 0 aliphatic carbocycles. The summed E-state index contributed by atoms with van der Waals surface area (Å²) in [6.45, 7) is 8.07. The highest BCUT2D eigenvalue weighted by molar-refractivity contribution is 5.83. The molecular weight excluding hydrogens is 284 g/mol. The molecule has 126 valence electrons. The highest BCUT2D eigenvalue weighted by Crippen LogP contribution is 2.25. The number of nitrogens with zero attached hydrogens (tertiary/aromatic N) is 2. The minimum Gasteiger partial charge on any atom is -0.481 e. The standard InChI is InChI=1S/C16H28N2O4/c1-3-12(4-2)14(17-7-9-22-10-8-17)15(19)18-6-5-13(11-18)16(20)21/h12-14H,3-11H2,1-2H3,(H,20,21)/t13-,14+/m0/s1. The number of hydrogen-bond donors (Lipinski definition) is 1. The SMILES string of the molecule is CCC(CC)[C@H](C(=O)N1CC[C@H](C(=O)O)C1)N1CCOCC1. The lowest BCUT2D eigenvalue weighted by Gasteiger charge is -2.39. The summed E-state index contributed by atoms with van der Waals surface area (Å²) in [5, 5.41) is 9.14. The van der Waals surface area contributed by atoms with Crippen molar-refractivity contribution in [1.29, 1.82) is 0 Å². The first-order valence-electron chi connectivity index (χ1n) is 8.41. The van der Waals surface area contributed by atoms with Crippen LogP contribution in [0.3, 0.4) is 0 Å². The summed E-state index contributed by atoms with van der Waals surface area (Å²) in [5.74, 6) is -0.773. The number of hydrogen-bond acceptors (Lipinski definition) is 4. The molecule has 0 aromatic rings. The number of rotatable bonds is 6. The zero-order valence-electron chi connectivity index (χ0n) is 13.7. The van der Waals surface area contributed by atoms with Crippen molar-refractivity contribution in [3.8, 4) is 0 Å². The molecule has 6 heteroatoms. The van der Waals surface area contributed by atoms with E-state index in [4.69, 9.17) is 9.84 Å². The van der Waals surface area contributed by atoms with Gasteiger partial charge < -0.3 is 14.7 Å². The summed E-state index contributed by atoms with van der Waals surface area (Å²) in [6.07, 6.45) is 2.49. The number of ether oxygens (including phenoxy) is 1. The summed E-state index contributed by atoms with van der Waals surface area (Å²) < 4.78 is 5.41. The van der Waals surface area contributed by atoms with Gasteiger partial charge in [0.05, 0.1) is 25.2 Å². The van der Waals surface area contributed by atoms with E-state index in [9.17, 15) is 9.59 Å². The van der Waals surface area contributed by atoms with Crippen molar-refractivity contribution >= 4 is 11.9 Å². The van der Waals surface area contributed by atoms with Gasteiger partial charge in [-0.25, -0.2) is 0 Å². The fourth-order valence-electron chi connectivity index (χ4n) is 3.60. The maximum Gasteiger partial charge on any atom is 0.308 e. The molecule has 2 aliphatic heterocycles. The second kappa shape index (κ2) is 7.92. The number of carboxylic acids is 1. The van der Waals surface area contributed by atoms with Crippen molar-refractivity contribution in [2.75, 3.05) is 39.4 Å². The molecule has 2 aliphatic rings. The van der Waals surface area contributed by atoms with E-state index >= 15 is 0 Å². The number of carboxylic acid groups (broad SMARTS) is 1. The third kappa shape index (κ3) is 3.79. The monoisotopic (exact) mass is 312 g/mol. The van der Waals surface area contributed by atoms with Crippen LogP contribution in [0.4, 0.5) is 0 Å². The number of carbonyl (C=O) groups excluding carboxylic acids is 1. The van der Waals surface area contributed by atoms with Crippen LogP contribution in [0.2, 0.25) is 0 Å². The molecule has 0 unspecified atom stereocenters. The van der Waals surface area contributed by atoms with E-state index in [0.717, 1.165) is 25.9 Å². The van der Waals surface area contributed by atoms with Gasteiger partial charge in [-0.3, -0.25) is 14.5 Å². The molecule has 22 heavy (non-hydrogen) atoms. The molecule has 2 saturated heterocycles. The van der Waals surface area contributed by atoms with Crippen LogP contribution in [0.5, 0.6) is 0 Å². The lowest BCUT2D eigenvalue weighted by molar-refractivity contribution is -0.143. The average molecular weight is 312 g/mol. The second-order valence-corrected chi connectivity index (χ2v) is 6.28. The maximum atomic E-state index is 13.0. The summed E-state index contributed by atoms with van der Waals surface area (Å²) in [4.78, 5) is 28.1. The molecule has 2 fully saturated rings. The van der Waals surface area contributed by atoms with E-state index in [0.29, 0.717) is 38.6 Å². The Hall–Kier alpha value is -1.14. The van der Waals surface area contributed by atoms with Crippen LogP contribution >= 0.6 is 0 Å². The summed E-state index contributed by atoms with van der Waals surface area (Å²) in [6, 6.07) is -0.133. The first kappa shape index (κ1) is 17.2. The van der Waals surface area contributed by atoms with Gasteiger partial charge in [0.2, 0.25) is 5.91 Å². The van der Waals surface area contributed by atoms with Crippen LogP contribution in [-0.4, -0.2) is 72.2 Å². The quantitative estimate of drug-likeness (QED) is 0.794. The van der Waals surface area contributed by atoms with E-state index in [-0.39, 0.29) is 11.9 Å². The lowest BCUT2D eigenvalue weighted by atomic mass is 9.91. The molecule has 0 bridgehead atoms. The molecule has 0 aromatic heterocycles. The Balaban J connectivity index is 2.10. The van der Waals surface area contributed by atoms with Gasteiger partial charge in [0.1, 0.15) is 0 Å². The van der Waals surface area contributed by atoms with Crippen LogP contribution in [0.25, 0.3) is 0 Å². The molecular formula is C16H28N2O4. The molecule has 6 nitrogen and oxygen atoms in total. The van der Waals surface area contributed by atoms with Crippen LogP contribution in [0.1, 0.15) is 33.1 Å². The van der Waals surface area contributed by atoms with Crippen molar-refractivity contribution in [2.45, 2.75) is 39.2 Å². The number of aliphatic carboxylic acids is 1. The van der Waals surface area contributed by atoms with Gasteiger partial charge in [0.25, 0.3) is 0 Å². The normalized spacial score (nSPS) is 24.7. The molecule has 2 rings (SSSR count). The van der Waals surface area contributed by atoms with Gasteiger partial charge in [0, 0.05) is 26.2 Å². The van der Waals surface area contributed by atoms with Gasteiger partial charge in [-0.1, -0.05) is 26.7 Å². The molecule has 0 spiro atoms. The molecule has 0 saturated carbocycles. The lowest BCUT2D eigenvalue weighted by Crippen LogP contribution is -2.55. The predicted molar refractivity (Wildman–Crippen MR) is 82.6 cm³/mol. The van der Waals surface area contributed by atoms with Crippen molar-refractivity contribution < 1.29 is 19.4 Å². The predicted octanol–water partition coefficient (Wildman–Crippen LogP) is 1.06. The Morgan fingerprint density at radius 2 is 1.82 bits per heavy atom. The topological polar surface area (TPSA) is 70.1 Å². The Labute approximate surface area is 132 Å². The van der Waals surface area contributed by atoms with Crippen LogP contribution < -0.4 is 0 Å². The van der Waals surface area contributed by atoms with Gasteiger partial charge >= 0.3 is 5.97 Å². The highest BCUT2D eigenvalue weighted by Gasteiger charge is 2.39. The van der Waals surface area contributed by atoms with Crippen molar-refractivity contribution in [3.63, 3.8) is 0 Å². The van der Waals surface area contributed by atoms with Crippen LogP contribution in [0.15, 0.2) is 0 Å². The molecule has 2 atom stereocenters. The van der Waals surface area contributed by atoms with Crippen molar-refractivity contribution in [1.82, 2.24) is 9.80 Å². The molecule has 0 radical (unpaired) electrons. The number of carbonyl (C=O) groups is 2. The Bertz CT molecular complexity index is 392. The average Bonchev–Trinajstić information content (AvgIpc) is 3.03. The zero-order valence-corrected chi connectivity index (χ0v) is 13.7. The Morgan fingerprint density at radius 1 is 1.18 bits per heavy atom. The van der Waals surface area contributed by atoms with E-state index in [2.05, 4.69) is 18.7 Å². The minimum atomic E-state index is -0.791. The summed E-state index contributed by atoms with van der Waals surface area (Å²) in [5.41, 5.74) is 0. The van der Waals surface area contributed by atoms with E-state index < -0.39 is 11.9 Å². The molecule has 1 amide bonds. The maximum absolute atomic E-state index is 13.0. The van der Waals surface area contributed by atoms with Gasteiger partial charge in [-0.05, 0) is 12.3 Å². The minimum absolute atomic E-state index is 0.111. The number of morpholine rings is 1. The van der Waals surface area contributed by atoms with Crippen LogP contribution in [0, 0.1) is 11.8 Å². The largest absolute Gasteiger partial charge is 0.481 e. The van der Waals surface area contributed by atoms with Gasteiger partial charge in [0.15, 0.2) is 0 Å². The summed E-state index contributed by atoms with van der Waals surface area (Å²) in [7, 11) is 0. The first-order valence-corrected chi connectivity index (χ1v) is 8.41.